The van der Waals surface area contributed by atoms with Gasteiger partial charge in [-0.25, -0.2) is 0 Å². The Balaban J connectivity index is 1.75. The quantitative estimate of drug-likeness (QED) is 0.310. The molecule has 8 N–H and O–H groups in total. The van der Waals surface area contributed by atoms with Crippen molar-refractivity contribution in [3.8, 4) is 16.9 Å². The van der Waals surface area contributed by atoms with E-state index < -0.39 is 58.7 Å². The number of aliphatic hydroxyl groups is 3. The summed E-state index contributed by atoms with van der Waals surface area (Å²) < 4.78 is 0. The molecule has 5 rings (SSSR count). The summed E-state index contributed by atoms with van der Waals surface area (Å²) in [7, 11) is 3.25. The number of fused-ring (bicyclic) bond motifs is 3. The number of aliphatic hydroxyl groups excluding tert-OH is 2. The molecule has 2 unspecified atom stereocenters. The molecule has 3 aliphatic carbocycles. The van der Waals surface area contributed by atoms with E-state index in [0.717, 1.165) is 5.56 Å². The highest BCUT2D eigenvalue weighted by Gasteiger charge is 2.66. The molecule has 1 fully saturated rings. The lowest BCUT2D eigenvalue weighted by molar-refractivity contribution is -0.178. The lowest BCUT2D eigenvalue weighted by Crippen LogP contribution is -2.71. The maximum atomic E-state index is 14.0. The van der Waals surface area contributed by atoms with Gasteiger partial charge in [0.25, 0.3) is 0 Å². The summed E-state index contributed by atoms with van der Waals surface area (Å²) in [6.07, 6.45) is -1.23. The predicted molar refractivity (Wildman–Crippen MR) is 137 cm³/mol. The van der Waals surface area contributed by atoms with Crippen LogP contribution in [0.4, 0.5) is 0 Å². The Bertz CT molecular complexity index is 1390. The number of phenols is 1. The zero-order valence-electron chi connectivity index (χ0n) is 21.1. The number of allylic oxidation sites excluding steroid dienone is 1. The lowest BCUT2D eigenvalue weighted by atomic mass is 9.55. The molecule has 0 spiro atoms. The van der Waals surface area contributed by atoms with Crippen molar-refractivity contribution in [2.24, 2.45) is 29.2 Å². The van der Waals surface area contributed by atoms with E-state index in [9.17, 15) is 34.8 Å². The van der Waals surface area contributed by atoms with E-state index in [1.165, 1.54) is 0 Å². The number of benzene rings is 2. The van der Waals surface area contributed by atoms with Crippen LogP contribution in [-0.4, -0.2) is 74.6 Å². The number of phenolic OH excluding ortho intramolecular Hbond substituents is 1. The average Bonchev–Trinajstić information content (AvgIpc) is 2.86. The van der Waals surface area contributed by atoms with Crippen molar-refractivity contribution in [2.45, 2.75) is 37.1 Å². The zero-order chi connectivity index (χ0) is 27.7. The second-order valence-electron chi connectivity index (χ2n) is 10.6. The Labute approximate surface area is 219 Å². The van der Waals surface area contributed by atoms with Crippen LogP contribution in [0.5, 0.6) is 5.75 Å². The van der Waals surface area contributed by atoms with E-state index >= 15 is 0 Å². The van der Waals surface area contributed by atoms with Gasteiger partial charge >= 0.3 is 0 Å². The molecular formula is C28H31N3O7. The van der Waals surface area contributed by atoms with Crippen molar-refractivity contribution in [1.29, 1.82) is 0 Å². The second kappa shape index (κ2) is 9.02. The number of hydrogen-bond donors (Lipinski definition) is 6. The number of amides is 1. The Hall–Kier alpha value is -3.57. The van der Waals surface area contributed by atoms with Gasteiger partial charge in [0.15, 0.2) is 17.2 Å². The molecule has 0 heterocycles. The molecule has 200 valence electrons. The van der Waals surface area contributed by atoms with Gasteiger partial charge in [-0.2, -0.15) is 0 Å². The van der Waals surface area contributed by atoms with Crippen LogP contribution in [0.2, 0.25) is 0 Å². The number of carbonyl (C=O) groups excluding carboxylic acids is 3. The Morgan fingerprint density at radius 2 is 1.82 bits per heavy atom. The number of likely N-dealkylation sites (N-methyl/N-ethyl adjacent to an activating group) is 1. The minimum atomic E-state index is -2.61. The summed E-state index contributed by atoms with van der Waals surface area (Å²) in [5.41, 5.74) is 10.9. The highest BCUT2D eigenvalue weighted by atomic mass is 16.3. The zero-order valence-corrected chi connectivity index (χ0v) is 21.1. The molecule has 0 aromatic heterocycles. The second-order valence-corrected chi connectivity index (χ2v) is 10.6. The van der Waals surface area contributed by atoms with E-state index in [1.54, 1.807) is 25.1 Å². The molecule has 0 radical (unpaired) electrons. The Morgan fingerprint density at radius 3 is 2.39 bits per heavy atom. The predicted octanol–water partition coefficient (Wildman–Crippen LogP) is 0.411. The van der Waals surface area contributed by atoms with Crippen molar-refractivity contribution >= 4 is 17.5 Å². The van der Waals surface area contributed by atoms with Crippen molar-refractivity contribution in [3.05, 3.63) is 64.4 Å². The molecule has 3 aliphatic rings. The Kier molecular flexibility index (Phi) is 6.18. The number of hydrogen-bond acceptors (Lipinski definition) is 9. The topological polar surface area (TPSA) is 187 Å². The van der Waals surface area contributed by atoms with Crippen molar-refractivity contribution in [3.63, 3.8) is 0 Å². The number of ketones is 2. The number of rotatable bonds is 4. The third-order valence-electron chi connectivity index (χ3n) is 8.48. The molecule has 0 saturated heterocycles. The van der Waals surface area contributed by atoms with Gasteiger partial charge in [0, 0.05) is 29.6 Å². The molecule has 0 bridgehead atoms. The smallest absolute Gasteiger partial charge is 0.230 e. The van der Waals surface area contributed by atoms with E-state index in [1.807, 2.05) is 30.3 Å². The van der Waals surface area contributed by atoms with Crippen LogP contribution in [0, 0.1) is 17.8 Å². The molecule has 0 aliphatic heterocycles. The van der Waals surface area contributed by atoms with Crippen LogP contribution < -0.4 is 11.5 Å². The molecule has 6 atom stereocenters. The first-order valence-corrected chi connectivity index (χ1v) is 12.5. The van der Waals surface area contributed by atoms with Gasteiger partial charge in [-0.15, -0.1) is 0 Å². The highest BCUT2D eigenvalue weighted by Crippen LogP contribution is 2.53. The molecule has 1 amide bonds. The van der Waals surface area contributed by atoms with Crippen LogP contribution in [0.3, 0.4) is 0 Å². The van der Waals surface area contributed by atoms with Gasteiger partial charge in [0.05, 0.1) is 11.7 Å². The third-order valence-corrected chi connectivity index (χ3v) is 8.48. The summed E-state index contributed by atoms with van der Waals surface area (Å²) in [5, 5.41) is 45.2. The van der Waals surface area contributed by atoms with E-state index in [4.69, 9.17) is 11.5 Å². The van der Waals surface area contributed by atoms with Gasteiger partial charge in [-0.05, 0) is 55.6 Å². The standard InChI is InChI=1S/C28H31N3O7/c1-31(2)21-17-10-13-8-16-15(12-6-4-3-5-7-12)9-14(11-29)22(32)19(16)23(33)18(13)25(35)28(17,38)26(36)20(24(21)34)27(30)37/h3-7,9,13,17,20-21,24,32,34-35,38H,8,10-11,29H2,1-2H3,(H2,30,37)/t13-,17-,20?,21+,24?,28-/m0/s1. The number of nitrogens with zero attached hydrogens (tertiary/aromatic N) is 1. The maximum absolute atomic E-state index is 14.0. The fraction of sp³-hybridized carbons (Fsp3) is 0.393. The van der Waals surface area contributed by atoms with Crippen LogP contribution in [-0.2, 0) is 22.6 Å². The van der Waals surface area contributed by atoms with E-state index in [0.29, 0.717) is 16.7 Å². The first-order valence-electron chi connectivity index (χ1n) is 12.5. The summed E-state index contributed by atoms with van der Waals surface area (Å²) in [4.78, 5) is 41.1. The van der Waals surface area contributed by atoms with Gasteiger partial charge in [0.2, 0.25) is 5.91 Å². The number of primary amides is 1. The number of carbonyl (C=O) groups is 3. The number of Topliss-reactive ketones (excluding diaryl/α,β-unsaturated/α-hetero) is 2. The van der Waals surface area contributed by atoms with Crippen molar-refractivity contribution < 1.29 is 34.8 Å². The van der Waals surface area contributed by atoms with Gasteiger partial charge < -0.3 is 36.8 Å². The summed E-state index contributed by atoms with van der Waals surface area (Å²) in [6.45, 7) is -0.0477. The minimum Gasteiger partial charge on any atom is -0.508 e. The third kappa shape index (κ3) is 3.45. The van der Waals surface area contributed by atoms with Gasteiger partial charge in [0.1, 0.15) is 17.4 Å². The monoisotopic (exact) mass is 521 g/mol. The normalized spacial score (nSPS) is 30.6. The van der Waals surface area contributed by atoms with Gasteiger partial charge in [-0.1, -0.05) is 30.3 Å². The SMILES string of the molecule is CN(C)[C@H]1C(O)C(C(N)=O)C(=O)[C@@]2(O)C(O)=C3C(=O)c4c(O)c(CN)cc(-c5ccccc5)c4C[C@H]3C[C@@H]12. The van der Waals surface area contributed by atoms with E-state index in [2.05, 4.69) is 0 Å². The number of aromatic hydroxyl groups is 1. The molecule has 2 aromatic rings. The van der Waals surface area contributed by atoms with Crippen molar-refractivity contribution in [1.82, 2.24) is 4.90 Å². The summed E-state index contributed by atoms with van der Waals surface area (Å²) in [5.74, 6) is -7.62. The number of nitrogens with two attached hydrogens (primary N) is 2. The molecule has 1 saturated carbocycles. The molecule has 10 nitrogen and oxygen atoms in total. The molecule has 10 heteroatoms. The largest absolute Gasteiger partial charge is 0.508 e. The van der Waals surface area contributed by atoms with E-state index in [-0.39, 0.29) is 36.3 Å². The maximum Gasteiger partial charge on any atom is 0.230 e. The van der Waals surface area contributed by atoms with Crippen LogP contribution in [0.25, 0.3) is 11.1 Å². The molecule has 38 heavy (non-hydrogen) atoms. The lowest BCUT2D eigenvalue weighted by Gasteiger charge is -2.53. The van der Waals surface area contributed by atoms with Crippen LogP contribution in [0.1, 0.15) is 27.9 Å². The Morgan fingerprint density at radius 1 is 1.16 bits per heavy atom. The van der Waals surface area contributed by atoms with Crippen molar-refractivity contribution in [2.75, 3.05) is 14.1 Å². The summed E-state index contributed by atoms with van der Waals surface area (Å²) >= 11 is 0. The summed E-state index contributed by atoms with van der Waals surface area (Å²) in [6, 6.07) is 10.1. The first kappa shape index (κ1) is 26.1. The van der Waals surface area contributed by atoms with Crippen LogP contribution >= 0.6 is 0 Å². The van der Waals surface area contributed by atoms with Crippen LogP contribution in [0.15, 0.2) is 47.7 Å². The fourth-order valence-corrected chi connectivity index (χ4v) is 6.76. The average molecular weight is 522 g/mol. The fourth-order valence-electron chi connectivity index (χ4n) is 6.76. The first-order chi connectivity index (χ1) is 17.9. The van der Waals surface area contributed by atoms with Gasteiger partial charge in [-0.3, -0.25) is 14.4 Å². The minimum absolute atomic E-state index is 0.0365. The molecule has 2 aromatic carbocycles. The molecular weight excluding hydrogens is 490 g/mol. The highest BCUT2D eigenvalue weighted by molar-refractivity contribution is 6.16.